The van der Waals surface area contributed by atoms with Gasteiger partial charge in [-0.05, 0) is 49.9 Å². The zero-order chi connectivity index (χ0) is 14.8. The molecule has 5 heteroatoms. The lowest BCUT2D eigenvalue weighted by atomic mass is 10.1. The first-order valence-corrected chi connectivity index (χ1v) is 7.08. The summed E-state index contributed by atoms with van der Waals surface area (Å²) in [6.45, 7) is 1.95. The summed E-state index contributed by atoms with van der Waals surface area (Å²) in [6.07, 6.45) is 4.60. The van der Waals surface area contributed by atoms with Crippen LogP contribution in [0.1, 0.15) is 46.7 Å². The topological polar surface area (TPSA) is 75.1 Å². The molecule has 0 spiro atoms. The summed E-state index contributed by atoms with van der Waals surface area (Å²) in [5.41, 5.74) is 3.16. The van der Waals surface area contributed by atoms with E-state index < -0.39 is 5.97 Å². The van der Waals surface area contributed by atoms with Crippen molar-refractivity contribution in [2.75, 3.05) is 5.32 Å². The van der Waals surface area contributed by atoms with Gasteiger partial charge in [0, 0.05) is 11.9 Å². The van der Waals surface area contributed by atoms with Gasteiger partial charge in [0.15, 0.2) is 0 Å². The predicted octanol–water partition coefficient (Wildman–Crippen LogP) is 2.84. The molecule has 21 heavy (non-hydrogen) atoms. The lowest BCUT2D eigenvalue weighted by molar-refractivity contribution is 0.0697. The van der Waals surface area contributed by atoms with Gasteiger partial charge in [-0.1, -0.05) is 6.07 Å². The molecular weight excluding hydrogens is 266 g/mol. The average Bonchev–Trinajstić information content (AvgIpc) is 2.94. The van der Waals surface area contributed by atoms with Gasteiger partial charge in [-0.2, -0.15) is 0 Å². The third-order valence-corrected chi connectivity index (χ3v) is 3.77. The van der Waals surface area contributed by atoms with Crippen molar-refractivity contribution >= 4 is 11.8 Å². The first kappa shape index (κ1) is 13.5. The molecule has 1 unspecified atom stereocenters. The van der Waals surface area contributed by atoms with Crippen LogP contribution in [0, 0.1) is 0 Å². The molecule has 2 heterocycles. The highest BCUT2D eigenvalue weighted by atomic mass is 16.4. The van der Waals surface area contributed by atoms with Crippen molar-refractivity contribution < 1.29 is 9.90 Å². The van der Waals surface area contributed by atoms with Gasteiger partial charge < -0.3 is 10.4 Å². The maximum absolute atomic E-state index is 11.4. The van der Waals surface area contributed by atoms with Crippen molar-refractivity contribution in [3.05, 3.63) is 53.0 Å². The highest BCUT2D eigenvalue weighted by Gasteiger charge is 2.21. The summed E-state index contributed by atoms with van der Waals surface area (Å²) in [6, 6.07) is 7.33. The van der Waals surface area contributed by atoms with Gasteiger partial charge >= 0.3 is 5.97 Å². The monoisotopic (exact) mass is 283 g/mol. The van der Waals surface area contributed by atoms with E-state index >= 15 is 0 Å². The lowest BCUT2D eigenvalue weighted by Crippen LogP contribution is -2.14. The van der Waals surface area contributed by atoms with Gasteiger partial charge in [-0.15, -0.1) is 0 Å². The van der Waals surface area contributed by atoms with E-state index in [0.717, 1.165) is 36.2 Å². The molecule has 0 aliphatic heterocycles. The molecule has 108 valence electrons. The largest absolute Gasteiger partial charge is 0.478 e. The number of aromatic nitrogens is 2. The molecule has 5 nitrogen and oxygen atoms in total. The molecule has 3 rings (SSSR count). The number of rotatable bonds is 4. The molecule has 1 atom stereocenters. The fraction of sp³-hybridized carbons (Fsp3) is 0.312. The fourth-order valence-corrected chi connectivity index (χ4v) is 2.66. The second-order valence-corrected chi connectivity index (χ2v) is 5.27. The number of aromatic carboxylic acids is 1. The Hall–Kier alpha value is -2.43. The molecule has 0 bridgehead atoms. The molecule has 1 aliphatic carbocycles. The van der Waals surface area contributed by atoms with Crippen LogP contribution in [-0.4, -0.2) is 21.0 Å². The predicted molar refractivity (Wildman–Crippen MR) is 79.5 cm³/mol. The minimum absolute atomic E-state index is 0.101. The second kappa shape index (κ2) is 5.52. The molecule has 0 radical (unpaired) electrons. The zero-order valence-corrected chi connectivity index (χ0v) is 11.8. The van der Waals surface area contributed by atoms with E-state index in [4.69, 9.17) is 0 Å². The molecule has 0 amide bonds. The number of aryl methyl sites for hydroxylation is 2. The summed E-state index contributed by atoms with van der Waals surface area (Å²) >= 11 is 0. The van der Waals surface area contributed by atoms with Crippen LogP contribution in [-0.2, 0) is 12.8 Å². The second-order valence-electron chi connectivity index (χ2n) is 5.27. The number of nitrogens with one attached hydrogen (secondary N) is 1. The van der Waals surface area contributed by atoms with E-state index in [1.807, 2.05) is 25.1 Å². The number of hydrogen-bond donors (Lipinski definition) is 2. The lowest BCUT2D eigenvalue weighted by Gasteiger charge is -2.16. The Bertz CT molecular complexity index is 671. The Balaban J connectivity index is 1.93. The van der Waals surface area contributed by atoms with Gasteiger partial charge in [-0.3, -0.25) is 4.98 Å². The van der Waals surface area contributed by atoms with Crippen molar-refractivity contribution in [1.82, 2.24) is 9.97 Å². The summed E-state index contributed by atoms with van der Waals surface area (Å²) in [7, 11) is 0. The van der Waals surface area contributed by atoms with Crippen LogP contribution >= 0.6 is 0 Å². The molecule has 0 aromatic carbocycles. The number of carbonyl (C=O) groups is 1. The first-order chi connectivity index (χ1) is 10.1. The van der Waals surface area contributed by atoms with Crippen LogP contribution in [0.4, 0.5) is 5.82 Å². The number of anilines is 1. The van der Waals surface area contributed by atoms with Crippen molar-refractivity contribution in [2.24, 2.45) is 0 Å². The maximum atomic E-state index is 11.4. The molecular formula is C16H17N3O2. The zero-order valence-electron chi connectivity index (χ0n) is 11.8. The average molecular weight is 283 g/mol. The maximum Gasteiger partial charge on any atom is 0.339 e. The standard InChI is InChI=1S/C16H17N3O2/c1-10(13-6-2-3-8-17-13)18-15-12(16(20)21)9-11-5-4-7-14(11)19-15/h2-3,6,8-10H,4-5,7H2,1H3,(H,18,19)(H,20,21). The SMILES string of the molecule is CC(Nc1nc2c(cc1C(=O)O)CCC2)c1ccccn1. The molecule has 0 fully saturated rings. The number of pyridine rings is 2. The van der Waals surface area contributed by atoms with Crippen LogP contribution in [0.5, 0.6) is 0 Å². The van der Waals surface area contributed by atoms with Gasteiger partial charge in [0.05, 0.1) is 11.7 Å². The van der Waals surface area contributed by atoms with E-state index in [0.29, 0.717) is 5.82 Å². The van der Waals surface area contributed by atoms with Crippen molar-refractivity contribution in [1.29, 1.82) is 0 Å². The van der Waals surface area contributed by atoms with Gasteiger partial charge in [0.2, 0.25) is 0 Å². The Kier molecular flexibility index (Phi) is 3.56. The molecule has 2 aromatic heterocycles. The molecule has 2 aromatic rings. The van der Waals surface area contributed by atoms with Crippen LogP contribution in [0.3, 0.4) is 0 Å². The van der Waals surface area contributed by atoms with Gasteiger partial charge in [0.25, 0.3) is 0 Å². The quantitative estimate of drug-likeness (QED) is 0.902. The van der Waals surface area contributed by atoms with E-state index in [2.05, 4.69) is 15.3 Å². The van der Waals surface area contributed by atoms with Crippen LogP contribution in [0.2, 0.25) is 0 Å². The van der Waals surface area contributed by atoms with Crippen molar-refractivity contribution in [2.45, 2.75) is 32.2 Å². The highest BCUT2D eigenvalue weighted by Crippen LogP contribution is 2.27. The third-order valence-electron chi connectivity index (χ3n) is 3.77. The smallest absolute Gasteiger partial charge is 0.339 e. The number of fused-ring (bicyclic) bond motifs is 1. The van der Waals surface area contributed by atoms with Crippen LogP contribution < -0.4 is 5.32 Å². The van der Waals surface area contributed by atoms with Crippen LogP contribution in [0.15, 0.2) is 30.5 Å². The molecule has 2 N–H and O–H groups in total. The molecule has 0 saturated carbocycles. The molecule has 0 saturated heterocycles. The van der Waals surface area contributed by atoms with E-state index in [1.165, 1.54) is 0 Å². The summed E-state index contributed by atoms with van der Waals surface area (Å²) in [4.78, 5) is 20.2. The number of carboxylic acids is 1. The Morgan fingerprint density at radius 2 is 2.24 bits per heavy atom. The number of hydrogen-bond acceptors (Lipinski definition) is 4. The van der Waals surface area contributed by atoms with Crippen molar-refractivity contribution in [3.8, 4) is 0 Å². The summed E-state index contributed by atoms with van der Waals surface area (Å²) < 4.78 is 0. The minimum Gasteiger partial charge on any atom is -0.478 e. The number of carboxylic acid groups (broad SMARTS) is 1. The van der Waals surface area contributed by atoms with Crippen molar-refractivity contribution in [3.63, 3.8) is 0 Å². The summed E-state index contributed by atoms with van der Waals surface area (Å²) in [5.74, 6) is -0.519. The molecule has 1 aliphatic rings. The fourth-order valence-electron chi connectivity index (χ4n) is 2.66. The van der Waals surface area contributed by atoms with Gasteiger partial charge in [-0.25, -0.2) is 9.78 Å². The Labute approximate surface area is 123 Å². The Morgan fingerprint density at radius 1 is 1.38 bits per heavy atom. The normalized spacial score (nSPS) is 14.5. The van der Waals surface area contributed by atoms with E-state index in [9.17, 15) is 9.90 Å². The van der Waals surface area contributed by atoms with E-state index in [-0.39, 0.29) is 11.6 Å². The van der Waals surface area contributed by atoms with E-state index in [1.54, 1.807) is 12.3 Å². The Morgan fingerprint density at radius 3 is 2.95 bits per heavy atom. The van der Waals surface area contributed by atoms with Gasteiger partial charge in [0.1, 0.15) is 11.4 Å². The minimum atomic E-state index is -0.951. The number of nitrogens with zero attached hydrogens (tertiary/aromatic N) is 2. The summed E-state index contributed by atoms with van der Waals surface area (Å²) in [5, 5.41) is 12.6. The highest BCUT2D eigenvalue weighted by molar-refractivity contribution is 5.93. The van der Waals surface area contributed by atoms with Crippen LogP contribution in [0.25, 0.3) is 0 Å². The first-order valence-electron chi connectivity index (χ1n) is 7.08. The third kappa shape index (κ3) is 2.72.